The van der Waals surface area contributed by atoms with Gasteiger partial charge < -0.3 is 9.88 Å². The smallest absolute Gasteiger partial charge is 0.163 e. The van der Waals surface area contributed by atoms with E-state index in [-0.39, 0.29) is 0 Å². The second-order valence-corrected chi connectivity index (χ2v) is 13.9. The SMILES string of the molecule is Cc1cc(Nc2cc(S(C)(=N)=O)c3ncn([C@H]4CC[C@H]5CC6(CCC#N)CC7C(C56)[C@H]7C4)c3n2)n[nH]1. The number of aryl methyl sites for hydroxylation is 1. The molecule has 188 valence electrons. The van der Waals surface area contributed by atoms with Gasteiger partial charge in [0.15, 0.2) is 11.5 Å². The number of pyridine rings is 1. The van der Waals surface area contributed by atoms with Crippen LogP contribution >= 0.6 is 0 Å². The number of nitriles is 1. The third kappa shape index (κ3) is 3.24. The summed E-state index contributed by atoms with van der Waals surface area (Å²) in [6.45, 7) is 1.93. The molecule has 7 rings (SSSR count). The Labute approximate surface area is 211 Å². The number of rotatable bonds is 6. The summed E-state index contributed by atoms with van der Waals surface area (Å²) < 4.78 is 23.4. The van der Waals surface area contributed by atoms with Gasteiger partial charge in [0.2, 0.25) is 0 Å². The predicted molar refractivity (Wildman–Crippen MR) is 136 cm³/mol. The van der Waals surface area contributed by atoms with Crippen molar-refractivity contribution < 1.29 is 4.21 Å². The van der Waals surface area contributed by atoms with Gasteiger partial charge in [-0.05, 0) is 80.5 Å². The highest BCUT2D eigenvalue weighted by molar-refractivity contribution is 7.92. The molecule has 36 heavy (non-hydrogen) atoms. The normalized spacial score (nSPS) is 35.7. The molecule has 0 aliphatic heterocycles. The third-order valence-electron chi connectivity index (χ3n) is 9.76. The molecule has 0 spiro atoms. The van der Waals surface area contributed by atoms with Gasteiger partial charge in [-0.1, -0.05) is 0 Å². The van der Waals surface area contributed by atoms with Crippen LogP contribution in [0.1, 0.15) is 56.7 Å². The fourth-order valence-electron chi connectivity index (χ4n) is 8.43. The van der Waals surface area contributed by atoms with Crippen molar-refractivity contribution in [1.82, 2.24) is 24.7 Å². The Bertz CT molecular complexity index is 1520. The van der Waals surface area contributed by atoms with Crippen LogP contribution in [0.4, 0.5) is 11.6 Å². The second-order valence-electron chi connectivity index (χ2n) is 11.8. The van der Waals surface area contributed by atoms with Crippen LogP contribution < -0.4 is 5.32 Å². The maximum Gasteiger partial charge on any atom is 0.163 e. The summed E-state index contributed by atoms with van der Waals surface area (Å²) in [6.07, 6.45) is 11.2. The van der Waals surface area contributed by atoms with Gasteiger partial charge in [0.05, 0.1) is 27.0 Å². The van der Waals surface area contributed by atoms with Gasteiger partial charge in [0.1, 0.15) is 11.3 Å². The van der Waals surface area contributed by atoms with E-state index in [1.807, 2.05) is 19.3 Å². The highest BCUT2D eigenvalue weighted by atomic mass is 32.2. The van der Waals surface area contributed by atoms with Gasteiger partial charge in [-0.15, -0.1) is 0 Å². The van der Waals surface area contributed by atoms with E-state index in [9.17, 15) is 4.21 Å². The number of nitrogens with zero attached hydrogens (tertiary/aromatic N) is 5. The summed E-state index contributed by atoms with van der Waals surface area (Å²) in [6, 6.07) is 6.27. The molecule has 3 heterocycles. The summed E-state index contributed by atoms with van der Waals surface area (Å²) in [5.41, 5.74) is 2.67. The van der Waals surface area contributed by atoms with E-state index in [4.69, 9.17) is 15.0 Å². The molecule has 10 heteroatoms. The van der Waals surface area contributed by atoms with E-state index in [0.717, 1.165) is 54.5 Å². The molecule has 9 nitrogen and oxygen atoms in total. The van der Waals surface area contributed by atoms with Crippen LogP contribution in [0.25, 0.3) is 11.2 Å². The number of aromatic amines is 1. The lowest BCUT2D eigenvalue weighted by Crippen LogP contribution is -2.48. The molecule has 3 aromatic heterocycles. The molecule has 3 N–H and O–H groups in total. The fraction of sp³-hybridized carbons (Fsp3) is 0.615. The standard InChI is InChI=1S/C26H32N8OS/c1-14-8-21(33-32-14)30-20-10-19(36(2,28)35)24-25(31-20)34(13-29-24)16-5-4-15-11-26(6-3-7-27)12-18-17(9-16)22(18)23(15)26/h8,10,13,15-18,22-23,28H,3-6,9,11-12H2,1-2H3,(H2,30,31,32,33)/t15-,16-,17-,18?,22?,23?,26?,36?/m0/s1. The van der Waals surface area contributed by atoms with E-state index in [2.05, 4.69) is 31.1 Å². The zero-order chi connectivity index (χ0) is 24.8. The number of nitrogens with one attached hydrogen (secondary N) is 3. The van der Waals surface area contributed by atoms with Crippen LogP contribution in [-0.2, 0) is 9.73 Å². The maximum atomic E-state index is 12.9. The molecule has 4 aliphatic carbocycles. The van der Waals surface area contributed by atoms with Crippen molar-refractivity contribution in [2.45, 2.75) is 62.8 Å². The minimum atomic E-state index is -3.00. The quantitative estimate of drug-likeness (QED) is 0.424. The van der Waals surface area contributed by atoms with Crippen LogP contribution in [-0.4, -0.2) is 35.2 Å². The molecular weight excluding hydrogens is 472 g/mol. The van der Waals surface area contributed by atoms with E-state index >= 15 is 0 Å². The van der Waals surface area contributed by atoms with Gasteiger partial charge >= 0.3 is 0 Å². The number of aromatic nitrogens is 5. The van der Waals surface area contributed by atoms with Crippen molar-refractivity contribution >= 4 is 32.5 Å². The average Bonchev–Trinajstić information content (AvgIpc) is 3.15. The summed E-state index contributed by atoms with van der Waals surface area (Å²) in [5.74, 6) is 5.21. The maximum absolute atomic E-state index is 12.9. The van der Waals surface area contributed by atoms with Gasteiger partial charge in [0, 0.05) is 36.5 Å². The number of fused-ring (bicyclic) bond motifs is 2. The molecule has 4 fully saturated rings. The summed E-state index contributed by atoms with van der Waals surface area (Å²) >= 11 is 0. The number of anilines is 2. The Morgan fingerprint density at radius 2 is 2.17 bits per heavy atom. The molecule has 0 amide bonds. The van der Waals surface area contributed by atoms with Crippen LogP contribution in [0.2, 0.25) is 0 Å². The lowest BCUT2D eigenvalue weighted by Gasteiger charge is -2.55. The predicted octanol–water partition coefficient (Wildman–Crippen LogP) is 5.16. The van der Waals surface area contributed by atoms with Crippen molar-refractivity contribution in [1.29, 1.82) is 10.0 Å². The number of hydrogen-bond acceptors (Lipinski definition) is 7. The first-order valence-corrected chi connectivity index (χ1v) is 15.0. The van der Waals surface area contributed by atoms with Gasteiger partial charge in [0.25, 0.3) is 0 Å². The minimum absolute atomic E-state index is 0.308. The van der Waals surface area contributed by atoms with Crippen molar-refractivity contribution in [2.75, 3.05) is 11.6 Å². The molecule has 4 aliphatic rings. The number of H-pyrrole nitrogens is 1. The first kappa shape index (κ1) is 22.3. The first-order chi connectivity index (χ1) is 17.3. The molecular formula is C26H32N8OS. The fourth-order valence-corrected chi connectivity index (χ4v) is 9.28. The van der Waals surface area contributed by atoms with Crippen molar-refractivity contribution in [3.63, 3.8) is 0 Å². The van der Waals surface area contributed by atoms with Crippen LogP contribution in [0.15, 0.2) is 23.4 Å². The second kappa shape index (κ2) is 7.54. The minimum Gasteiger partial charge on any atom is -0.323 e. The molecule has 8 atom stereocenters. The van der Waals surface area contributed by atoms with Crippen LogP contribution in [0.3, 0.4) is 0 Å². The molecule has 0 saturated heterocycles. The third-order valence-corrected chi connectivity index (χ3v) is 10.9. The van der Waals surface area contributed by atoms with Crippen molar-refractivity contribution in [2.24, 2.45) is 35.0 Å². The molecule has 0 radical (unpaired) electrons. The molecule has 5 unspecified atom stereocenters. The molecule has 0 aromatic carbocycles. The highest BCUT2D eigenvalue weighted by Gasteiger charge is 2.73. The zero-order valence-corrected chi connectivity index (χ0v) is 21.5. The Hall–Kier alpha value is -2.93. The largest absolute Gasteiger partial charge is 0.323 e. The van der Waals surface area contributed by atoms with E-state index in [0.29, 0.717) is 45.6 Å². The Kier molecular flexibility index (Phi) is 4.67. The lowest BCUT2D eigenvalue weighted by atomic mass is 9.49. The lowest BCUT2D eigenvalue weighted by molar-refractivity contribution is -0.0632. The van der Waals surface area contributed by atoms with Gasteiger partial charge in [-0.25, -0.2) is 19.0 Å². The van der Waals surface area contributed by atoms with E-state index in [1.165, 1.54) is 25.5 Å². The number of imidazole rings is 1. The van der Waals surface area contributed by atoms with E-state index in [1.54, 1.807) is 6.07 Å². The topological polar surface area (TPSA) is 136 Å². The Balaban J connectivity index is 1.22. The van der Waals surface area contributed by atoms with E-state index < -0.39 is 9.73 Å². The molecule has 0 bridgehead atoms. The molecule has 3 aromatic rings. The van der Waals surface area contributed by atoms with Gasteiger partial charge in [-0.3, -0.25) is 5.10 Å². The first-order valence-electron chi connectivity index (χ1n) is 13.0. The molecule has 4 saturated carbocycles. The monoisotopic (exact) mass is 504 g/mol. The highest BCUT2D eigenvalue weighted by Crippen LogP contribution is 2.79. The summed E-state index contributed by atoms with van der Waals surface area (Å²) in [4.78, 5) is 9.96. The zero-order valence-electron chi connectivity index (χ0n) is 20.7. The van der Waals surface area contributed by atoms with Crippen LogP contribution in [0.5, 0.6) is 0 Å². The Morgan fingerprint density at radius 1 is 1.31 bits per heavy atom. The van der Waals surface area contributed by atoms with Gasteiger partial charge in [-0.2, -0.15) is 10.4 Å². The summed E-state index contributed by atoms with van der Waals surface area (Å²) in [5, 5.41) is 19.5. The van der Waals surface area contributed by atoms with Crippen molar-refractivity contribution in [3.05, 3.63) is 24.2 Å². The van der Waals surface area contributed by atoms with Crippen LogP contribution in [0, 0.1) is 58.0 Å². The summed E-state index contributed by atoms with van der Waals surface area (Å²) in [7, 11) is -3.00. The average molecular weight is 505 g/mol. The number of hydrogen-bond donors (Lipinski definition) is 3. The Morgan fingerprint density at radius 3 is 2.92 bits per heavy atom. The van der Waals surface area contributed by atoms with Crippen molar-refractivity contribution in [3.8, 4) is 6.07 Å².